The fraction of sp³-hybridized carbons (Fsp3) is 0.455. The third kappa shape index (κ3) is 8.59. The Morgan fingerprint density at radius 1 is 0.930 bits per heavy atom. The van der Waals surface area contributed by atoms with Gasteiger partial charge in [-0.25, -0.2) is 4.79 Å². The number of alkyl carbamates (subject to hydrolysis) is 1. The van der Waals surface area contributed by atoms with Gasteiger partial charge in [-0.05, 0) is 64.7 Å². The Balaban J connectivity index is 1.34. The lowest BCUT2D eigenvalue weighted by molar-refractivity contribution is -0.138. The number of fused-ring (bicyclic) bond motifs is 1. The SMILES string of the molecule is CC(NC(=O)C1CCN(C(=O)C(Cc2c[nH]c3ccccc23)NC(=O)OC(C)(C)C)CC1)C(=O)NC(C)c1ccccc1. The van der Waals surface area contributed by atoms with Crippen LogP contribution in [-0.2, 0) is 25.5 Å². The molecule has 43 heavy (non-hydrogen) atoms. The van der Waals surface area contributed by atoms with Gasteiger partial charge < -0.3 is 30.6 Å². The van der Waals surface area contributed by atoms with E-state index >= 15 is 0 Å². The molecular formula is C33H43N5O5. The Hall–Kier alpha value is -4.34. The quantitative estimate of drug-likeness (QED) is 0.297. The number of rotatable bonds is 9. The number of hydrogen-bond donors (Lipinski definition) is 4. The van der Waals surface area contributed by atoms with Gasteiger partial charge in [0.15, 0.2) is 0 Å². The molecule has 3 atom stereocenters. The van der Waals surface area contributed by atoms with Crippen LogP contribution in [-0.4, -0.2) is 64.5 Å². The van der Waals surface area contributed by atoms with E-state index in [1.165, 1.54) is 0 Å². The zero-order valence-corrected chi connectivity index (χ0v) is 25.6. The molecule has 1 aromatic heterocycles. The van der Waals surface area contributed by atoms with Crippen LogP contribution < -0.4 is 16.0 Å². The van der Waals surface area contributed by atoms with E-state index in [4.69, 9.17) is 4.74 Å². The molecule has 0 aliphatic carbocycles. The molecule has 4 N–H and O–H groups in total. The number of aromatic amines is 1. The van der Waals surface area contributed by atoms with E-state index in [2.05, 4.69) is 20.9 Å². The van der Waals surface area contributed by atoms with Gasteiger partial charge in [-0.15, -0.1) is 0 Å². The monoisotopic (exact) mass is 589 g/mol. The first-order chi connectivity index (χ1) is 20.4. The highest BCUT2D eigenvalue weighted by Gasteiger charge is 2.34. The lowest BCUT2D eigenvalue weighted by Crippen LogP contribution is -2.54. The second-order valence-corrected chi connectivity index (χ2v) is 12.2. The molecule has 4 amide bonds. The van der Waals surface area contributed by atoms with Gasteiger partial charge >= 0.3 is 6.09 Å². The number of piperidine rings is 1. The van der Waals surface area contributed by atoms with Gasteiger partial charge in [0, 0.05) is 42.5 Å². The summed E-state index contributed by atoms with van der Waals surface area (Å²) < 4.78 is 5.45. The minimum atomic E-state index is -0.838. The number of benzene rings is 2. The molecule has 230 valence electrons. The molecule has 3 aromatic rings. The van der Waals surface area contributed by atoms with E-state index < -0.39 is 23.8 Å². The van der Waals surface area contributed by atoms with Crippen molar-refractivity contribution in [3.05, 3.63) is 71.9 Å². The smallest absolute Gasteiger partial charge is 0.408 e. The minimum Gasteiger partial charge on any atom is -0.444 e. The lowest BCUT2D eigenvalue weighted by atomic mass is 9.94. The van der Waals surface area contributed by atoms with Crippen molar-refractivity contribution in [1.29, 1.82) is 0 Å². The third-order valence-electron chi connectivity index (χ3n) is 7.68. The third-order valence-corrected chi connectivity index (χ3v) is 7.68. The zero-order chi connectivity index (χ0) is 31.1. The summed E-state index contributed by atoms with van der Waals surface area (Å²) in [6.07, 6.45) is 2.40. The second kappa shape index (κ2) is 13.8. The number of carbonyl (C=O) groups excluding carboxylic acids is 4. The number of carbonyl (C=O) groups is 4. The van der Waals surface area contributed by atoms with Crippen molar-refractivity contribution in [2.75, 3.05) is 13.1 Å². The maximum atomic E-state index is 13.7. The fourth-order valence-corrected chi connectivity index (χ4v) is 5.31. The summed E-state index contributed by atoms with van der Waals surface area (Å²) in [5.74, 6) is -1.01. The normalized spacial score (nSPS) is 16.2. The highest BCUT2D eigenvalue weighted by atomic mass is 16.6. The predicted molar refractivity (Wildman–Crippen MR) is 165 cm³/mol. The van der Waals surface area contributed by atoms with E-state index in [1.54, 1.807) is 32.6 Å². The zero-order valence-electron chi connectivity index (χ0n) is 25.6. The van der Waals surface area contributed by atoms with Crippen molar-refractivity contribution >= 4 is 34.7 Å². The molecule has 2 heterocycles. The van der Waals surface area contributed by atoms with Gasteiger partial charge in [0.25, 0.3) is 0 Å². The summed E-state index contributed by atoms with van der Waals surface area (Å²) >= 11 is 0. The van der Waals surface area contributed by atoms with Gasteiger partial charge in [0.2, 0.25) is 17.7 Å². The summed E-state index contributed by atoms with van der Waals surface area (Å²) in [5.41, 5.74) is 2.13. The van der Waals surface area contributed by atoms with Crippen molar-refractivity contribution in [2.45, 2.75) is 77.6 Å². The van der Waals surface area contributed by atoms with Crippen molar-refractivity contribution < 1.29 is 23.9 Å². The second-order valence-electron chi connectivity index (χ2n) is 12.2. The molecule has 4 rings (SSSR count). The average molecular weight is 590 g/mol. The van der Waals surface area contributed by atoms with E-state index in [-0.39, 0.29) is 36.1 Å². The van der Waals surface area contributed by atoms with Crippen LogP contribution in [0, 0.1) is 5.92 Å². The van der Waals surface area contributed by atoms with Gasteiger partial charge in [0.1, 0.15) is 17.7 Å². The number of amides is 4. The van der Waals surface area contributed by atoms with Crippen molar-refractivity contribution in [3.8, 4) is 0 Å². The van der Waals surface area contributed by atoms with Crippen LogP contribution in [0.4, 0.5) is 4.79 Å². The van der Waals surface area contributed by atoms with E-state index in [0.29, 0.717) is 25.9 Å². The van der Waals surface area contributed by atoms with Gasteiger partial charge in [0.05, 0.1) is 6.04 Å². The van der Waals surface area contributed by atoms with Crippen LogP contribution in [0.5, 0.6) is 0 Å². The predicted octanol–water partition coefficient (Wildman–Crippen LogP) is 4.22. The Morgan fingerprint density at radius 3 is 2.26 bits per heavy atom. The summed E-state index contributed by atoms with van der Waals surface area (Å²) in [6, 6.07) is 15.7. The Labute approximate surface area is 252 Å². The standard InChI is InChI=1S/C33H43N5O5/c1-21(23-11-7-6-8-12-23)35-29(39)22(2)36-30(40)24-15-17-38(18-16-24)31(41)28(37-32(42)43-33(3,4)5)19-25-20-34-27-14-10-9-13-26(25)27/h6-14,20-22,24,28,34H,15-19H2,1-5H3,(H,35,39)(H,36,40)(H,37,42). The van der Waals surface area contributed by atoms with Gasteiger partial charge in [-0.3, -0.25) is 14.4 Å². The molecule has 0 bridgehead atoms. The molecule has 1 aliphatic rings. The highest BCUT2D eigenvalue weighted by Crippen LogP contribution is 2.23. The first-order valence-electron chi connectivity index (χ1n) is 14.9. The minimum absolute atomic E-state index is 0.186. The van der Waals surface area contributed by atoms with Crippen molar-refractivity contribution in [1.82, 2.24) is 25.8 Å². The Bertz CT molecular complexity index is 1420. The van der Waals surface area contributed by atoms with Crippen LogP contribution >= 0.6 is 0 Å². The first kappa shape index (κ1) is 31.6. The molecule has 0 radical (unpaired) electrons. The molecule has 1 aliphatic heterocycles. The topological polar surface area (TPSA) is 133 Å². The molecule has 1 saturated heterocycles. The van der Waals surface area contributed by atoms with Crippen LogP contribution in [0.2, 0.25) is 0 Å². The van der Waals surface area contributed by atoms with E-state index in [0.717, 1.165) is 22.0 Å². The number of nitrogens with zero attached hydrogens (tertiary/aromatic N) is 1. The van der Waals surface area contributed by atoms with Crippen LogP contribution in [0.15, 0.2) is 60.8 Å². The number of H-pyrrole nitrogens is 1. The number of ether oxygens (including phenoxy) is 1. The maximum absolute atomic E-state index is 13.7. The molecule has 0 saturated carbocycles. The number of hydrogen-bond acceptors (Lipinski definition) is 5. The molecule has 3 unspecified atom stereocenters. The summed E-state index contributed by atoms with van der Waals surface area (Å²) in [7, 11) is 0. The maximum Gasteiger partial charge on any atom is 0.408 e. The fourth-order valence-electron chi connectivity index (χ4n) is 5.31. The Morgan fingerprint density at radius 2 is 1.58 bits per heavy atom. The number of likely N-dealkylation sites (tertiary alicyclic amines) is 1. The molecule has 1 fully saturated rings. The van der Waals surface area contributed by atoms with Crippen molar-refractivity contribution in [2.24, 2.45) is 5.92 Å². The first-order valence-corrected chi connectivity index (χ1v) is 14.9. The summed E-state index contributed by atoms with van der Waals surface area (Å²) in [4.78, 5) is 57.1. The van der Waals surface area contributed by atoms with E-state index in [1.807, 2.05) is 67.7 Å². The summed E-state index contributed by atoms with van der Waals surface area (Å²) in [5, 5.41) is 9.55. The molecule has 0 spiro atoms. The van der Waals surface area contributed by atoms with E-state index in [9.17, 15) is 19.2 Å². The van der Waals surface area contributed by atoms with Gasteiger partial charge in [-0.2, -0.15) is 0 Å². The average Bonchev–Trinajstić information content (AvgIpc) is 3.38. The van der Waals surface area contributed by atoms with Crippen LogP contribution in [0.1, 0.15) is 64.6 Å². The Kier molecular flexibility index (Phi) is 10.1. The largest absolute Gasteiger partial charge is 0.444 e. The van der Waals surface area contributed by atoms with Gasteiger partial charge in [-0.1, -0.05) is 48.5 Å². The highest BCUT2D eigenvalue weighted by molar-refractivity contribution is 5.90. The lowest BCUT2D eigenvalue weighted by Gasteiger charge is -2.34. The molecule has 10 heteroatoms. The number of aromatic nitrogens is 1. The van der Waals surface area contributed by atoms with Crippen molar-refractivity contribution in [3.63, 3.8) is 0 Å². The molecule has 10 nitrogen and oxygen atoms in total. The summed E-state index contributed by atoms with van der Waals surface area (Å²) in [6.45, 7) is 9.61. The number of nitrogens with one attached hydrogen (secondary N) is 4. The van der Waals surface area contributed by atoms with Crippen LogP contribution in [0.25, 0.3) is 10.9 Å². The van der Waals surface area contributed by atoms with Crippen LogP contribution in [0.3, 0.4) is 0 Å². The molecular weight excluding hydrogens is 546 g/mol. The molecule has 2 aromatic carbocycles. The number of para-hydroxylation sites is 1.